The minimum atomic E-state index is -0.370. The smallest absolute Gasteiger partial charge is 0.278 e. The van der Waals surface area contributed by atoms with Crippen molar-refractivity contribution in [3.8, 4) is 0 Å². The summed E-state index contributed by atoms with van der Waals surface area (Å²) in [5, 5.41) is 16.8. The molecule has 0 bridgehead atoms. The van der Waals surface area contributed by atoms with E-state index in [1.807, 2.05) is 25.5 Å². The van der Waals surface area contributed by atoms with E-state index in [2.05, 4.69) is 21.9 Å². The van der Waals surface area contributed by atoms with E-state index in [9.17, 15) is 10.1 Å². The maximum atomic E-state index is 11.2. The van der Waals surface area contributed by atoms with Crippen molar-refractivity contribution in [3.05, 3.63) is 58.7 Å². The number of benzene rings is 1. The highest BCUT2D eigenvalue weighted by Gasteiger charge is 2.17. The number of anilines is 1. The van der Waals surface area contributed by atoms with Crippen LogP contribution in [0.4, 0.5) is 11.4 Å². The topological polar surface area (TPSA) is 77.1 Å². The lowest BCUT2D eigenvalue weighted by molar-refractivity contribution is -0.383. The lowest BCUT2D eigenvalue weighted by Gasteiger charge is -2.24. The van der Waals surface area contributed by atoms with Gasteiger partial charge in [0.2, 0.25) is 0 Å². The van der Waals surface area contributed by atoms with Crippen molar-refractivity contribution < 1.29 is 4.92 Å². The molecule has 7 nitrogen and oxygen atoms in total. The molecule has 0 fully saturated rings. The summed E-state index contributed by atoms with van der Waals surface area (Å²) in [7, 11) is 1.88. The van der Waals surface area contributed by atoms with E-state index in [1.165, 1.54) is 0 Å². The van der Waals surface area contributed by atoms with Crippen molar-refractivity contribution in [2.75, 3.05) is 11.4 Å². The van der Waals surface area contributed by atoms with Crippen molar-refractivity contribution in [2.24, 2.45) is 7.05 Å². The predicted octanol–water partition coefficient (Wildman–Crippen LogP) is 2.90. The molecule has 0 aliphatic rings. The quantitative estimate of drug-likeness (QED) is 0.535. The van der Waals surface area contributed by atoms with Crippen LogP contribution in [0.3, 0.4) is 0 Å². The fourth-order valence-electron chi connectivity index (χ4n) is 2.74. The molecule has 2 aromatic heterocycles. The third kappa shape index (κ3) is 2.85. The van der Waals surface area contributed by atoms with Gasteiger partial charge in [-0.1, -0.05) is 0 Å². The molecule has 0 radical (unpaired) electrons. The standard InChI is InChI=1S/C16H17N5O2/c1-3-20(11-12-8-18-19(2)10-12)15-4-5-16(21(22)23)14-9-17-7-6-13(14)15/h4-10H,3,11H2,1-2H3. The molecule has 1 aromatic carbocycles. The summed E-state index contributed by atoms with van der Waals surface area (Å²) in [6.07, 6.45) is 7.01. The first-order valence-electron chi connectivity index (χ1n) is 7.33. The number of non-ortho nitro benzene ring substituents is 1. The second-order valence-electron chi connectivity index (χ2n) is 5.32. The van der Waals surface area contributed by atoms with E-state index in [0.717, 1.165) is 23.2 Å². The zero-order valence-corrected chi connectivity index (χ0v) is 13.0. The number of hydrogen-bond acceptors (Lipinski definition) is 5. The van der Waals surface area contributed by atoms with Gasteiger partial charge >= 0.3 is 0 Å². The molecule has 23 heavy (non-hydrogen) atoms. The molecule has 118 valence electrons. The second kappa shape index (κ2) is 6.04. The van der Waals surface area contributed by atoms with Crippen LogP contribution in [0.15, 0.2) is 43.0 Å². The van der Waals surface area contributed by atoms with Gasteiger partial charge in [0.25, 0.3) is 5.69 Å². The van der Waals surface area contributed by atoms with Crippen LogP contribution in [0, 0.1) is 10.1 Å². The van der Waals surface area contributed by atoms with Crippen molar-refractivity contribution in [2.45, 2.75) is 13.5 Å². The minimum absolute atomic E-state index is 0.0780. The van der Waals surface area contributed by atoms with Gasteiger partial charge in [0.05, 0.1) is 16.5 Å². The van der Waals surface area contributed by atoms with E-state index in [-0.39, 0.29) is 10.6 Å². The van der Waals surface area contributed by atoms with Gasteiger partial charge in [-0.15, -0.1) is 0 Å². The highest BCUT2D eigenvalue weighted by molar-refractivity contribution is 5.99. The minimum Gasteiger partial charge on any atom is -0.367 e. The Hall–Kier alpha value is -2.96. The van der Waals surface area contributed by atoms with E-state index in [4.69, 9.17) is 0 Å². The average molecular weight is 311 g/mol. The monoisotopic (exact) mass is 311 g/mol. The van der Waals surface area contributed by atoms with Gasteiger partial charge < -0.3 is 4.90 Å². The molecule has 3 rings (SSSR count). The molecular formula is C16H17N5O2. The summed E-state index contributed by atoms with van der Waals surface area (Å²) >= 11 is 0. The van der Waals surface area contributed by atoms with Crippen molar-refractivity contribution in [1.82, 2.24) is 14.8 Å². The molecule has 0 N–H and O–H groups in total. The third-order valence-electron chi connectivity index (χ3n) is 3.82. The summed E-state index contributed by atoms with van der Waals surface area (Å²) < 4.78 is 1.76. The third-order valence-corrected chi connectivity index (χ3v) is 3.82. The number of pyridine rings is 1. The average Bonchev–Trinajstić information content (AvgIpc) is 2.96. The van der Waals surface area contributed by atoms with Gasteiger partial charge in [-0.2, -0.15) is 5.10 Å². The second-order valence-corrected chi connectivity index (χ2v) is 5.32. The van der Waals surface area contributed by atoms with Gasteiger partial charge in [-0.25, -0.2) is 0 Å². The summed E-state index contributed by atoms with van der Waals surface area (Å²) in [5.74, 6) is 0. The Morgan fingerprint density at radius 3 is 2.74 bits per heavy atom. The highest BCUT2D eigenvalue weighted by atomic mass is 16.6. The first-order chi connectivity index (χ1) is 11.1. The summed E-state index contributed by atoms with van der Waals surface area (Å²) in [5.41, 5.74) is 2.13. The van der Waals surface area contributed by atoms with Gasteiger partial charge in [0.15, 0.2) is 0 Å². The Labute approximate surface area is 133 Å². The largest absolute Gasteiger partial charge is 0.367 e. The zero-order valence-electron chi connectivity index (χ0n) is 13.0. The Morgan fingerprint density at radius 1 is 1.26 bits per heavy atom. The Bertz CT molecular complexity index is 859. The molecule has 2 heterocycles. The van der Waals surface area contributed by atoms with Crippen LogP contribution >= 0.6 is 0 Å². The Morgan fingerprint density at radius 2 is 2.09 bits per heavy atom. The maximum Gasteiger partial charge on any atom is 0.278 e. The molecule has 0 spiro atoms. The summed E-state index contributed by atoms with van der Waals surface area (Å²) in [4.78, 5) is 17.0. The molecule has 7 heteroatoms. The lowest BCUT2D eigenvalue weighted by Crippen LogP contribution is -2.22. The van der Waals surface area contributed by atoms with Crippen molar-refractivity contribution in [3.63, 3.8) is 0 Å². The highest BCUT2D eigenvalue weighted by Crippen LogP contribution is 2.33. The molecule has 0 atom stereocenters. The summed E-state index contributed by atoms with van der Waals surface area (Å²) in [6.45, 7) is 3.54. The SMILES string of the molecule is CCN(Cc1cnn(C)c1)c1ccc([N+](=O)[O-])c2cnccc12. The van der Waals surface area contributed by atoms with Crippen LogP contribution in [-0.4, -0.2) is 26.2 Å². The van der Waals surface area contributed by atoms with Crippen LogP contribution in [0.1, 0.15) is 12.5 Å². The van der Waals surface area contributed by atoms with Crippen LogP contribution in [0.2, 0.25) is 0 Å². The number of nitro benzene ring substituents is 1. The number of aromatic nitrogens is 3. The van der Waals surface area contributed by atoms with Gasteiger partial charge in [-0.05, 0) is 19.1 Å². The van der Waals surface area contributed by atoms with Gasteiger partial charge in [0, 0.05) is 61.4 Å². The molecule has 0 amide bonds. The lowest BCUT2D eigenvalue weighted by atomic mass is 10.1. The van der Waals surface area contributed by atoms with Gasteiger partial charge in [0.1, 0.15) is 0 Å². The van der Waals surface area contributed by atoms with E-state index >= 15 is 0 Å². The van der Waals surface area contributed by atoms with E-state index < -0.39 is 0 Å². The molecule has 0 saturated carbocycles. The number of nitrogens with zero attached hydrogens (tertiary/aromatic N) is 5. The van der Waals surface area contributed by atoms with Crippen LogP contribution in [-0.2, 0) is 13.6 Å². The van der Waals surface area contributed by atoms with Crippen molar-refractivity contribution >= 4 is 22.1 Å². The fraction of sp³-hybridized carbons (Fsp3) is 0.250. The molecule has 0 aliphatic carbocycles. The van der Waals surface area contributed by atoms with E-state index in [1.54, 1.807) is 29.2 Å². The maximum absolute atomic E-state index is 11.2. The van der Waals surface area contributed by atoms with Crippen LogP contribution in [0.25, 0.3) is 10.8 Å². The Kier molecular flexibility index (Phi) is 3.92. The van der Waals surface area contributed by atoms with E-state index in [0.29, 0.717) is 11.9 Å². The molecule has 3 aromatic rings. The number of rotatable bonds is 5. The zero-order chi connectivity index (χ0) is 16.4. The number of nitro groups is 1. The fourth-order valence-corrected chi connectivity index (χ4v) is 2.74. The number of fused-ring (bicyclic) bond motifs is 1. The number of hydrogen-bond donors (Lipinski definition) is 0. The first-order valence-corrected chi connectivity index (χ1v) is 7.33. The van der Waals surface area contributed by atoms with Crippen LogP contribution in [0.5, 0.6) is 0 Å². The molecule has 0 aliphatic heterocycles. The molecular weight excluding hydrogens is 294 g/mol. The molecule has 0 saturated heterocycles. The number of aryl methyl sites for hydroxylation is 1. The van der Waals surface area contributed by atoms with Gasteiger partial charge in [-0.3, -0.25) is 19.8 Å². The van der Waals surface area contributed by atoms with Crippen LogP contribution < -0.4 is 4.90 Å². The van der Waals surface area contributed by atoms with Crippen molar-refractivity contribution in [1.29, 1.82) is 0 Å². The summed E-state index contributed by atoms with van der Waals surface area (Å²) in [6, 6.07) is 5.18. The first kappa shape index (κ1) is 15.0. The predicted molar refractivity (Wildman–Crippen MR) is 88.3 cm³/mol. The molecule has 0 unspecified atom stereocenters. The Balaban J connectivity index is 2.07. The normalized spacial score (nSPS) is 10.9.